The number of nitrogens with two attached hydrogens (primary N) is 1. The summed E-state index contributed by atoms with van der Waals surface area (Å²) in [5, 5.41) is 8.70. The second-order valence-electron chi connectivity index (χ2n) is 3.94. The number of nitrogens with zero attached hydrogens (tertiary/aromatic N) is 2. The molecule has 0 spiro atoms. The number of benzene rings is 1. The number of hydrogen-bond acceptors (Lipinski definition) is 4. The summed E-state index contributed by atoms with van der Waals surface area (Å²) in [4.78, 5) is 13.5. The molecule has 1 amide bonds. The van der Waals surface area contributed by atoms with Crippen molar-refractivity contribution in [2.24, 2.45) is 5.73 Å². The molecule has 2 N–H and O–H groups in total. The highest BCUT2D eigenvalue weighted by atomic mass is 16.5. The van der Waals surface area contributed by atoms with Crippen molar-refractivity contribution in [1.82, 2.24) is 0 Å². The molecule has 1 aromatic carbocycles. The Morgan fingerprint density at radius 2 is 2.11 bits per heavy atom. The SMILES string of the molecule is COCCC(N)C(=O)N(C)c1ccc(C#N)cc1. The van der Waals surface area contributed by atoms with Crippen molar-refractivity contribution in [3.05, 3.63) is 29.8 Å². The lowest BCUT2D eigenvalue weighted by Gasteiger charge is -2.21. The van der Waals surface area contributed by atoms with Crippen molar-refractivity contribution in [2.75, 3.05) is 25.7 Å². The standard InChI is InChI=1S/C13H17N3O2/c1-16(13(17)12(15)7-8-18-2)11-5-3-10(9-14)4-6-11/h3-6,12H,7-8,15H2,1-2H3. The maximum Gasteiger partial charge on any atom is 0.243 e. The minimum Gasteiger partial charge on any atom is -0.385 e. The van der Waals surface area contributed by atoms with Gasteiger partial charge in [-0.05, 0) is 30.7 Å². The second kappa shape index (κ2) is 6.74. The number of anilines is 1. The molecule has 1 unspecified atom stereocenters. The van der Waals surface area contributed by atoms with Gasteiger partial charge in [0.2, 0.25) is 5.91 Å². The van der Waals surface area contributed by atoms with Crippen molar-refractivity contribution >= 4 is 11.6 Å². The summed E-state index contributed by atoms with van der Waals surface area (Å²) in [7, 11) is 3.23. The van der Waals surface area contributed by atoms with Crippen LogP contribution in [0.1, 0.15) is 12.0 Å². The van der Waals surface area contributed by atoms with Crippen LogP contribution in [-0.2, 0) is 9.53 Å². The summed E-state index contributed by atoms with van der Waals surface area (Å²) < 4.78 is 4.89. The predicted molar refractivity (Wildman–Crippen MR) is 69.0 cm³/mol. The molecule has 1 rings (SSSR count). The number of rotatable bonds is 5. The molecular weight excluding hydrogens is 230 g/mol. The summed E-state index contributed by atoms with van der Waals surface area (Å²) >= 11 is 0. The van der Waals surface area contributed by atoms with E-state index in [1.165, 1.54) is 4.90 Å². The Bertz CT molecular complexity index is 437. The molecule has 0 heterocycles. The summed E-state index contributed by atoms with van der Waals surface area (Å²) in [6, 6.07) is 8.23. The molecule has 5 heteroatoms. The van der Waals surface area contributed by atoms with Crippen molar-refractivity contribution < 1.29 is 9.53 Å². The van der Waals surface area contributed by atoms with Crippen LogP contribution in [0.25, 0.3) is 0 Å². The van der Waals surface area contributed by atoms with E-state index in [0.29, 0.717) is 24.3 Å². The summed E-state index contributed by atoms with van der Waals surface area (Å²) in [6.07, 6.45) is 0.482. The van der Waals surface area contributed by atoms with Crippen molar-refractivity contribution in [2.45, 2.75) is 12.5 Å². The molecule has 1 atom stereocenters. The van der Waals surface area contributed by atoms with Crippen molar-refractivity contribution in [3.63, 3.8) is 0 Å². The third kappa shape index (κ3) is 3.55. The molecule has 0 aliphatic heterocycles. The molecule has 18 heavy (non-hydrogen) atoms. The Morgan fingerprint density at radius 1 is 1.50 bits per heavy atom. The van der Waals surface area contributed by atoms with Gasteiger partial charge in [0.25, 0.3) is 0 Å². The van der Waals surface area contributed by atoms with E-state index in [1.54, 1.807) is 38.4 Å². The van der Waals surface area contributed by atoms with Gasteiger partial charge in [0, 0.05) is 26.5 Å². The van der Waals surface area contributed by atoms with Gasteiger partial charge in [0.05, 0.1) is 17.7 Å². The van der Waals surface area contributed by atoms with Crippen molar-refractivity contribution in [1.29, 1.82) is 5.26 Å². The highest BCUT2D eigenvalue weighted by Gasteiger charge is 2.18. The highest BCUT2D eigenvalue weighted by Crippen LogP contribution is 2.14. The van der Waals surface area contributed by atoms with E-state index < -0.39 is 6.04 Å². The Balaban J connectivity index is 2.70. The molecule has 0 bridgehead atoms. The van der Waals surface area contributed by atoms with Gasteiger partial charge in [-0.15, -0.1) is 0 Å². The number of carbonyl (C=O) groups excluding carboxylic acids is 1. The fourth-order valence-electron chi connectivity index (χ4n) is 1.50. The Kier molecular flexibility index (Phi) is 5.31. The number of likely N-dealkylation sites (N-methyl/N-ethyl adjacent to an activating group) is 1. The zero-order valence-corrected chi connectivity index (χ0v) is 10.6. The van der Waals surface area contributed by atoms with E-state index in [9.17, 15) is 4.79 Å². The van der Waals surface area contributed by atoms with Gasteiger partial charge in [-0.2, -0.15) is 5.26 Å². The molecule has 0 aliphatic carbocycles. The first-order chi connectivity index (χ1) is 8.60. The summed E-state index contributed by atoms with van der Waals surface area (Å²) in [5.41, 5.74) is 7.05. The first kappa shape index (κ1) is 14.2. The Morgan fingerprint density at radius 3 is 2.61 bits per heavy atom. The minimum absolute atomic E-state index is 0.170. The van der Waals surface area contributed by atoms with Crippen LogP contribution in [0, 0.1) is 11.3 Å². The molecule has 5 nitrogen and oxygen atoms in total. The third-order valence-electron chi connectivity index (χ3n) is 2.66. The summed E-state index contributed by atoms with van der Waals surface area (Å²) in [6.45, 7) is 0.452. The van der Waals surface area contributed by atoms with E-state index in [4.69, 9.17) is 15.7 Å². The smallest absolute Gasteiger partial charge is 0.243 e. The van der Waals surface area contributed by atoms with Crippen LogP contribution in [0.15, 0.2) is 24.3 Å². The largest absolute Gasteiger partial charge is 0.385 e. The van der Waals surface area contributed by atoms with Gasteiger partial charge in [-0.25, -0.2) is 0 Å². The normalized spacial score (nSPS) is 11.7. The van der Waals surface area contributed by atoms with Crippen LogP contribution in [0.3, 0.4) is 0 Å². The monoisotopic (exact) mass is 247 g/mol. The number of nitriles is 1. The third-order valence-corrected chi connectivity index (χ3v) is 2.66. The van der Waals surface area contributed by atoms with E-state index >= 15 is 0 Å². The molecule has 0 fully saturated rings. The lowest BCUT2D eigenvalue weighted by atomic mass is 10.1. The molecule has 96 valence electrons. The molecule has 0 radical (unpaired) electrons. The molecular formula is C13H17N3O2. The highest BCUT2D eigenvalue weighted by molar-refractivity contribution is 5.96. The number of hydrogen-bond donors (Lipinski definition) is 1. The van der Waals surface area contributed by atoms with Crippen LogP contribution in [0.2, 0.25) is 0 Å². The zero-order valence-electron chi connectivity index (χ0n) is 10.6. The molecule has 0 saturated heterocycles. The fraction of sp³-hybridized carbons (Fsp3) is 0.385. The number of amides is 1. The van der Waals surface area contributed by atoms with Gasteiger partial charge in [-0.3, -0.25) is 4.79 Å². The topological polar surface area (TPSA) is 79.3 Å². The van der Waals surface area contributed by atoms with Crippen LogP contribution < -0.4 is 10.6 Å². The molecule has 0 saturated carbocycles. The average Bonchev–Trinajstić information content (AvgIpc) is 2.43. The maximum absolute atomic E-state index is 12.0. The van der Waals surface area contributed by atoms with E-state index in [0.717, 1.165) is 0 Å². The number of ether oxygens (including phenoxy) is 1. The van der Waals surface area contributed by atoms with Gasteiger partial charge >= 0.3 is 0 Å². The van der Waals surface area contributed by atoms with E-state index in [1.807, 2.05) is 6.07 Å². The Labute approximate surface area is 107 Å². The van der Waals surface area contributed by atoms with Crippen LogP contribution in [0.5, 0.6) is 0 Å². The molecule has 0 aliphatic rings. The predicted octanol–water partition coefficient (Wildman–Crippen LogP) is 0.885. The minimum atomic E-state index is -0.578. The van der Waals surface area contributed by atoms with Crippen molar-refractivity contribution in [3.8, 4) is 6.07 Å². The van der Waals surface area contributed by atoms with Gasteiger partial charge < -0.3 is 15.4 Å². The Hall–Kier alpha value is -1.90. The van der Waals surface area contributed by atoms with Crippen LogP contribution in [-0.4, -0.2) is 32.7 Å². The van der Waals surface area contributed by atoms with Gasteiger partial charge in [-0.1, -0.05) is 0 Å². The van der Waals surface area contributed by atoms with Gasteiger partial charge in [0.1, 0.15) is 0 Å². The number of methoxy groups -OCH3 is 1. The van der Waals surface area contributed by atoms with Crippen LogP contribution in [0.4, 0.5) is 5.69 Å². The lowest BCUT2D eigenvalue weighted by Crippen LogP contribution is -2.42. The van der Waals surface area contributed by atoms with Gasteiger partial charge in [0.15, 0.2) is 0 Å². The second-order valence-corrected chi connectivity index (χ2v) is 3.94. The number of carbonyl (C=O) groups is 1. The quantitative estimate of drug-likeness (QED) is 0.837. The summed E-state index contributed by atoms with van der Waals surface area (Å²) in [5.74, 6) is -0.170. The maximum atomic E-state index is 12.0. The van der Waals surface area contributed by atoms with E-state index in [-0.39, 0.29) is 5.91 Å². The molecule has 1 aromatic rings. The van der Waals surface area contributed by atoms with E-state index in [2.05, 4.69) is 0 Å². The zero-order chi connectivity index (χ0) is 13.5. The lowest BCUT2D eigenvalue weighted by molar-refractivity contribution is -0.119. The van der Waals surface area contributed by atoms with Crippen LogP contribution >= 0.6 is 0 Å². The fourth-order valence-corrected chi connectivity index (χ4v) is 1.50. The first-order valence-corrected chi connectivity index (χ1v) is 5.62. The average molecular weight is 247 g/mol. The first-order valence-electron chi connectivity index (χ1n) is 5.62. The molecule has 0 aromatic heterocycles.